The van der Waals surface area contributed by atoms with Crippen molar-refractivity contribution in [1.82, 2.24) is 10.2 Å². The summed E-state index contributed by atoms with van der Waals surface area (Å²) in [5.74, 6) is -0.0326. The minimum Gasteiger partial charge on any atom is -0.308 e. The Labute approximate surface area is 108 Å². The predicted molar refractivity (Wildman–Crippen MR) is 71.1 cm³/mol. The number of hydrogen-bond donors (Lipinski definition) is 1. The van der Waals surface area contributed by atoms with Crippen LogP contribution in [0.25, 0.3) is 0 Å². The highest BCUT2D eigenvalue weighted by molar-refractivity contribution is 5.35. The van der Waals surface area contributed by atoms with Crippen molar-refractivity contribution >= 4 is 0 Å². The molecule has 18 heavy (non-hydrogen) atoms. The number of halogens is 1. The number of nitrogens with zero attached hydrogens (tertiary/aromatic N) is 1. The van der Waals surface area contributed by atoms with E-state index in [0.29, 0.717) is 12.1 Å². The SMILES string of the molecule is CN1CCCC1CNC1CCc2c(F)cccc21. The maximum Gasteiger partial charge on any atom is 0.126 e. The molecule has 1 fully saturated rings. The molecule has 1 aliphatic heterocycles. The van der Waals surface area contributed by atoms with Crippen molar-refractivity contribution in [2.45, 2.75) is 37.8 Å². The molecule has 3 rings (SSSR count). The molecule has 0 amide bonds. The molecular weight excluding hydrogens is 227 g/mol. The van der Waals surface area contributed by atoms with Gasteiger partial charge in [-0.1, -0.05) is 12.1 Å². The maximum absolute atomic E-state index is 13.6. The molecule has 0 saturated carbocycles. The van der Waals surface area contributed by atoms with Gasteiger partial charge >= 0.3 is 0 Å². The van der Waals surface area contributed by atoms with Crippen molar-refractivity contribution in [3.63, 3.8) is 0 Å². The fourth-order valence-electron chi connectivity index (χ4n) is 3.34. The first-order valence-corrected chi connectivity index (χ1v) is 6.96. The van der Waals surface area contributed by atoms with E-state index in [0.717, 1.165) is 24.9 Å². The fourth-order valence-corrected chi connectivity index (χ4v) is 3.34. The summed E-state index contributed by atoms with van der Waals surface area (Å²) in [6.45, 7) is 2.24. The number of hydrogen-bond acceptors (Lipinski definition) is 2. The molecule has 3 heteroatoms. The van der Waals surface area contributed by atoms with Gasteiger partial charge in [-0.05, 0) is 56.5 Å². The van der Waals surface area contributed by atoms with Gasteiger partial charge in [0.05, 0.1) is 0 Å². The summed E-state index contributed by atoms with van der Waals surface area (Å²) in [5.41, 5.74) is 2.10. The molecule has 2 aliphatic rings. The average molecular weight is 248 g/mol. The van der Waals surface area contributed by atoms with Crippen molar-refractivity contribution in [2.75, 3.05) is 20.1 Å². The van der Waals surface area contributed by atoms with E-state index in [1.165, 1.54) is 24.9 Å². The first-order valence-electron chi connectivity index (χ1n) is 6.96. The van der Waals surface area contributed by atoms with Gasteiger partial charge in [0.25, 0.3) is 0 Å². The van der Waals surface area contributed by atoms with Crippen LogP contribution in [0.4, 0.5) is 4.39 Å². The van der Waals surface area contributed by atoms with Crippen LogP contribution in [-0.2, 0) is 6.42 Å². The van der Waals surface area contributed by atoms with Gasteiger partial charge < -0.3 is 10.2 Å². The second-order valence-corrected chi connectivity index (χ2v) is 5.58. The molecule has 0 aromatic heterocycles. The third kappa shape index (κ3) is 2.17. The highest BCUT2D eigenvalue weighted by Gasteiger charge is 2.26. The Balaban J connectivity index is 1.64. The van der Waals surface area contributed by atoms with Gasteiger partial charge in [-0.2, -0.15) is 0 Å². The Kier molecular flexibility index (Phi) is 3.35. The van der Waals surface area contributed by atoms with Crippen molar-refractivity contribution in [3.8, 4) is 0 Å². The molecule has 0 spiro atoms. The highest BCUT2D eigenvalue weighted by Crippen LogP contribution is 2.32. The van der Waals surface area contributed by atoms with Crippen LogP contribution in [0.1, 0.15) is 36.4 Å². The van der Waals surface area contributed by atoms with Crippen molar-refractivity contribution in [2.24, 2.45) is 0 Å². The normalized spacial score (nSPS) is 27.7. The lowest BCUT2D eigenvalue weighted by atomic mass is 10.1. The summed E-state index contributed by atoms with van der Waals surface area (Å²) < 4.78 is 13.6. The van der Waals surface area contributed by atoms with E-state index in [9.17, 15) is 4.39 Å². The Morgan fingerprint density at radius 1 is 1.39 bits per heavy atom. The third-order valence-corrected chi connectivity index (χ3v) is 4.48. The molecule has 1 aromatic carbocycles. The molecule has 98 valence electrons. The minimum atomic E-state index is -0.0326. The Morgan fingerprint density at radius 3 is 3.06 bits per heavy atom. The zero-order chi connectivity index (χ0) is 12.5. The van der Waals surface area contributed by atoms with Crippen molar-refractivity contribution in [1.29, 1.82) is 0 Å². The van der Waals surface area contributed by atoms with E-state index >= 15 is 0 Å². The molecule has 1 heterocycles. The van der Waals surface area contributed by atoms with Crippen LogP contribution >= 0.6 is 0 Å². The zero-order valence-electron chi connectivity index (χ0n) is 11.0. The summed E-state index contributed by atoms with van der Waals surface area (Å²) >= 11 is 0. The van der Waals surface area contributed by atoms with Crippen LogP contribution < -0.4 is 5.32 Å². The van der Waals surface area contributed by atoms with Gasteiger partial charge in [0, 0.05) is 18.6 Å². The lowest BCUT2D eigenvalue weighted by molar-refractivity contribution is 0.291. The van der Waals surface area contributed by atoms with E-state index in [-0.39, 0.29) is 5.82 Å². The molecule has 2 unspecified atom stereocenters. The molecule has 1 aromatic rings. The Morgan fingerprint density at radius 2 is 2.28 bits per heavy atom. The van der Waals surface area contributed by atoms with Crippen LogP contribution in [0.2, 0.25) is 0 Å². The number of nitrogens with one attached hydrogen (secondary N) is 1. The molecule has 0 bridgehead atoms. The van der Waals surface area contributed by atoms with E-state index in [2.05, 4.69) is 23.3 Å². The molecule has 1 N–H and O–H groups in total. The van der Waals surface area contributed by atoms with Gasteiger partial charge in [0.2, 0.25) is 0 Å². The zero-order valence-corrected chi connectivity index (χ0v) is 11.0. The predicted octanol–water partition coefficient (Wildman–Crippen LogP) is 2.50. The van der Waals surface area contributed by atoms with Crippen molar-refractivity contribution < 1.29 is 4.39 Å². The highest BCUT2D eigenvalue weighted by atomic mass is 19.1. The number of benzene rings is 1. The Hall–Kier alpha value is -0.930. The summed E-state index contributed by atoms with van der Waals surface area (Å²) in [6.07, 6.45) is 4.50. The topological polar surface area (TPSA) is 15.3 Å². The Bertz CT molecular complexity index is 433. The molecule has 2 nitrogen and oxygen atoms in total. The van der Waals surface area contributed by atoms with Gasteiger partial charge in [-0.25, -0.2) is 4.39 Å². The van der Waals surface area contributed by atoms with Gasteiger partial charge in [0.1, 0.15) is 5.82 Å². The summed E-state index contributed by atoms with van der Waals surface area (Å²) in [5, 5.41) is 3.63. The van der Waals surface area contributed by atoms with Gasteiger partial charge in [0.15, 0.2) is 0 Å². The fraction of sp³-hybridized carbons (Fsp3) is 0.600. The largest absolute Gasteiger partial charge is 0.308 e. The second kappa shape index (κ2) is 4.98. The lowest BCUT2D eigenvalue weighted by Gasteiger charge is -2.22. The molecule has 2 atom stereocenters. The maximum atomic E-state index is 13.6. The third-order valence-electron chi connectivity index (χ3n) is 4.48. The monoisotopic (exact) mass is 248 g/mol. The smallest absolute Gasteiger partial charge is 0.126 e. The van der Waals surface area contributed by atoms with Gasteiger partial charge in [-0.3, -0.25) is 0 Å². The first kappa shape index (κ1) is 12.1. The number of likely N-dealkylation sites (N-methyl/N-ethyl adjacent to an activating group) is 1. The van der Waals surface area contributed by atoms with Crippen LogP contribution in [0.3, 0.4) is 0 Å². The number of rotatable bonds is 3. The van der Waals surface area contributed by atoms with Crippen LogP contribution in [0, 0.1) is 5.82 Å². The second-order valence-electron chi connectivity index (χ2n) is 5.58. The average Bonchev–Trinajstić information content (AvgIpc) is 2.94. The first-order chi connectivity index (χ1) is 8.75. The number of likely N-dealkylation sites (tertiary alicyclic amines) is 1. The summed E-state index contributed by atoms with van der Waals surface area (Å²) in [6, 6.07) is 6.48. The molecule has 1 saturated heterocycles. The molecular formula is C15H21FN2. The quantitative estimate of drug-likeness (QED) is 0.884. The lowest BCUT2D eigenvalue weighted by Crippen LogP contribution is -2.36. The van der Waals surface area contributed by atoms with E-state index in [1.54, 1.807) is 6.07 Å². The summed E-state index contributed by atoms with van der Waals surface area (Å²) in [7, 11) is 2.20. The molecule has 0 radical (unpaired) electrons. The van der Waals surface area contributed by atoms with Gasteiger partial charge in [-0.15, -0.1) is 0 Å². The van der Waals surface area contributed by atoms with Crippen molar-refractivity contribution in [3.05, 3.63) is 35.1 Å². The van der Waals surface area contributed by atoms with E-state index in [4.69, 9.17) is 0 Å². The number of fused-ring (bicyclic) bond motifs is 1. The van der Waals surface area contributed by atoms with E-state index in [1.807, 2.05) is 6.07 Å². The summed E-state index contributed by atoms with van der Waals surface area (Å²) in [4.78, 5) is 2.43. The van der Waals surface area contributed by atoms with E-state index < -0.39 is 0 Å². The minimum absolute atomic E-state index is 0.0326. The van der Waals surface area contributed by atoms with Crippen LogP contribution in [-0.4, -0.2) is 31.1 Å². The standard InChI is InChI=1S/C15H21FN2/c1-18-9-3-4-11(18)10-17-15-8-7-12-13(15)5-2-6-14(12)16/h2,5-6,11,15,17H,3-4,7-10H2,1H3. The molecule has 1 aliphatic carbocycles. The van der Waals surface area contributed by atoms with Crippen LogP contribution in [0.15, 0.2) is 18.2 Å². The van der Waals surface area contributed by atoms with Crippen LogP contribution in [0.5, 0.6) is 0 Å².